The van der Waals surface area contributed by atoms with E-state index in [1.54, 1.807) is 26.1 Å². The maximum Gasteiger partial charge on any atom is 0.271 e. The molecular formula is C17H25N5OS. The van der Waals surface area contributed by atoms with Gasteiger partial charge in [-0.15, -0.1) is 11.8 Å². The Morgan fingerprint density at radius 2 is 2.08 bits per heavy atom. The maximum atomic E-state index is 12.8. The van der Waals surface area contributed by atoms with Crippen molar-refractivity contribution in [2.75, 3.05) is 14.1 Å². The molecule has 130 valence electrons. The number of carbonyl (C=O) groups excluding carboxylic acids is 1. The van der Waals surface area contributed by atoms with Crippen LogP contribution < -0.4 is 5.73 Å². The summed E-state index contributed by atoms with van der Waals surface area (Å²) in [5.41, 5.74) is 7.52. The Bertz CT molecular complexity index is 643. The summed E-state index contributed by atoms with van der Waals surface area (Å²) >= 11 is 1.47. The molecule has 0 radical (unpaired) electrons. The Labute approximate surface area is 148 Å². The minimum absolute atomic E-state index is 0.119. The second-order valence-electron chi connectivity index (χ2n) is 5.20. The van der Waals surface area contributed by atoms with E-state index >= 15 is 0 Å². The van der Waals surface area contributed by atoms with Gasteiger partial charge in [0, 0.05) is 31.3 Å². The van der Waals surface area contributed by atoms with Gasteiger partial charge in [0.2, 0.25) is 0 Å². The summed E-state index contributed by atoms with van der Waals surface area (Å²) in [5.74, 6) is 0.171. The van der Waals surface area contributed by atoms with E-state index < -0.39 is 0 Å². The average Bonchev–Trinajstić information content (AvgIpc) is 2.93. The lowest BCUT2D eigenvalue weighted by molar-refractivity contribution is -0.121. The molecular weight excluding hydrogens is 322 g/mol. The van der Waals surface area contributed by atoms with Gasteiger partial charge >= 0.3 is 0 Å². The smallest absolute Gasteiger partial charge is 0.271 e. The van der Waals surface area contributed by atoms with Gasteiger partial charge in [0.1, 0.15) is 5.82 Å². The van der Waals surface area contributed by atoms with Crippen molar-refractivity contribution in [1.82, 2.24) is 9.80 Å². The number of rotatable bonds is 6. The average molecular weight is 347 g/mol. The van der Waals surface area contributed by atoms with Crippen LogP contribution >= 0.6 is 11.8 Å². The van der Waals surface area contributed by atoms with Gasteiger partial charge in [-0.2, -0.15) is 0 Å². The molecule has 0 saturated carbocycles. The van der Waals surface area contributed by atoms with E-state index in [1.807, 2.05) is 38.1 Å². The van der Waals surface area contributed by atoms with E-state index in [2.05, 4.69) is 4.99 Å². The molecule has 0 saturated heterocycles. The fourth-order valence-electron chi connectivity index (χ4n) is 2.29. The van der Waals surface area contributed by atoms with Crippen molar-refractivity contribution in [3.63, 3.8) is 0 Å². The monoisotopic (exact) mass is 347 g/mol. The number of nitrogens with two attached hydrogens (primary N) is 1. The van der Waals surface area contributed by atoms with Crippen molar-refractivity contribution in [3.05, 3.63) is 46.4 Å². The maximum absolute atomic E-state index is 12.8. The third-order valence-corrected chi connectivity index (χ3v) is 4.54. The molecule has 0 aromatic rings. The van der Waals surface area contributed by atoms with Crippen molar-refractivity contribution in [3.8, 4) is 0 Å². The molecule has 1 unspecified atom stereocenters. The highest BCUT2D eigenvalue weighted by atomic mass is 32.2. The molecule has 1 heterocycles. The Hall–Kier alpha value is -2.28. The molecule has 0 aromatic heterocycles. The number of thioether (sulfide) groups is 1. The SMILES string of the molecule is C/C=N\C(=C/C)N(C=N)C(=O)C1=C/C(=C(/C=C\N)N(C)C)C(C)S1. The number of hydrogen-bond donors (Lipinski definition) is 2. The quantitative estimate of drug-likeness (QED) is 0.571. The highest BCUT2D eigenvalue weighted by Crippen LogP contribution is 2.39. The molecule has 1 aliphatic rings. The predicted molar refractivity (Wildman–Crippen MR) is 103 cm³/mol. The van der Waals surface area contributed by atoms with E-state index in [9.17, 15) is 4.79 Å². The number of aliphatic imine (C=N–C) groups is 1. The predicted octanol–water partition coefficient (Wildman–Crippen LogP) is 2.68. The lowest BCUT2D eigenvalue weighted by Crippen LogP contribution is -2.28. The number of allylic oxidation sites excluding steroid dienone is 3. The van der Waals surface area contributed by atoms with Gasteiger partial charge in [0.15, 0.2) is 0 Å². The summed E-state index contributed by atoms with van der Waals surface area (Å²) in [6.45, 7) is 5.59. The molecule has 0 bridgehead atoms. The zero-order valence-electron chi connectivity index (χ0n) is 14.8. The van der Waals surface area contributed by atoms with E-state index in [4.69, 9.17) is 11.1 Å². The lowest BCUT2D eigenvalue weighted by Gasteiger charge is -2.18. The Morgan fingerprint density at radius 3 is 2.54 bits per heavy atom. The number of carbonyl (C=O) groups is 1. The molecule has 3 N–H and O–H groups in total. The zero-order valence-corrected chi connectivity index (χ0v) is 15.6. The summed E-state index contributed by atoms with van der Waals surface area (Å²) in [5, 5.41) is 7.69. The van der Waals surface area contributed by atoms with E-state index in [1.165, 1.54) is 22.9 Å². The lowest BCUT2D eigenvalue weighted by atomic mass is 10.1. The number of nitrogens with zero attached hydrogens (tertiary/aromatic N) is 3. The minimum Gasteiger partial charge on any atom is -0.405 e. The van der Waals surface area contributed by atoms with Crippen LogP contribution in [0.15, 0.2) is 51.4 Å². The first kappa shape index (κ1) is 19.8. The van der Waals surface area contributed by atoms with Crippen molar-refractivity contribution < 1.29 is 4.79 Å². The Balaban J connectivity index is 3.27. The first-order valence-corrected chi connectivity index (χ1v) is 8.46. The van der Waals surface area contributed by atoms with Gasteiger partial charge in [-0.25, -0.2) is 4.99 Å². The van der Waals surface area contributed by atoms with Crippen LogP contribution in [0, 0.1) is 5.41 Å². The summed E-state index contributed by atoms with van der Waals surface area (Å²) in [6.07, 6.45) is 9.47. The van der Waals surface area contributed by atoms with Gasteiger partial charge in [-0.3, -0.25) is 15.1 Å². The highest BCUT2D eigenvalue weighted by molar-refractivity contribution is 8.05. The van der Waals surface area contributed by atoms with Crippen molar-refractivity contribution >= 4 is 30.2 Å². The van der Waals surface area contributed by atoms with Crippen LogP contribution in [0.1, 0.15) is 20.8 Å². The van der Waals surface area contributed by atoms with Crippen LogP contribution in [-0.4, -0.2) is 47.6 Å². The molecule has 1 amide bonds. The first-order chi connectivity index (χ1) is 11.4. The van der Waals surface area contributed by atoms with Gasteiger partial charge in [0.25, 0.3) is 5.91 Å². The van der Waals surface area contributed by atoms with Crippen molar-refractivity contribution in [2.45, 2.75) is 26.0 Å². The molecule has 1 rings (SSSR count). The van der Waals surface area contributed by atoms with Crippen LogP contribution in [0.2, 0.25) is 0 Å². The Morgan fingerprint density at radius 1 is 1.42 bits per heavy atom. The van der Waals surface area contributed by atoms with Crippen LogP contribution in [0.3, 0.4) is 0 Å². The third kappa shape index (κ3) is 4.38. The van der Waals surface area contributed by atoms with Crippen LogP contribution in [0.4, 0.5) is 0 Å². The number of amides is 1. The van der Waals surface area contributed by atoms with Gasteiger partial charge < -0.3 is 10.6 Å². The van der Waals surface area contributed by atoms with Crippen molar-refractivity contribution in [1.29, 1.82) is 5.41 Å². The molecule has 6 nitrogen and oxygen atoms in total. The fourth-order valence-corrected chi connectivity index (χ4v) is 3.38. The normalized spacial score (nSPS) is 20.5. The number of nitrogens with one attached hydrogen (secondary N) is 1. The summed E-state index contributed by atoms with van der Waals surface area (Å²) in [7, 11) is 3.87. The van der Waals surface area contributed by atoms with Gasteiger partial charge in [-0.1, -0.05) is 0 Å². The largest absolute Gasteiger partial charge is 0.405 e. The first-order valence-electron chi connectivity index (χ1n) is 7.58. The summed E-state index contributed by atoms with van der Waals surface area (Å²) < 4.78 is 0. The molecule has 0 aromatic carbocycles. The fraction of sp³-hybridized carbons (Fsp3) is 0.353. The highest BCUT2D eigenvalue weighted by Gasteiger charge is 2.29. The minimum atomic E-state index is -0.259. The van der Waals surface area contributed by atoms with E-state index in [0.29, 0.717) is 10.7 Å². The van der Waals surface area contributed by atoms with Crippen LogP contribution in [0.5, 0.6) is 0 Å². The Kier molecular flexibility index (Phi) is 7.51. The zero-order chi connectivity index (χ0) is 18.3. The third-order valence-electron chi connectivity index (χ3n) is 3.39. The molecule has 0 fully saturated rings. The van der Waals surface area contributed by atoms with Gasteiger partial charge in [0.05, 0.1) is 11.2 Å². The summed E-state index contributed by atoms with van der Waals surface area (Å²) in [4.78, 5) is 20.7. The second-order valence-corrected chi connectivity index (χ2v) is 6.58. The number of hydrogen-bond acceptors (Lipinski definition) is 6. The van der Waals surface area contributed by atoms with Crippen LogP contribution in [0.25, 0.3) is 0 Å². The molecule has 1 atom stereocenters. The molecule has 24 heavy (non-hydrogen) atoms. The second kappa shape index (κ2) is 9.12. The van der Waals surface area contributed by atoms with Crippen molar-refractivity contribution in [2.24, 2.45) is 10.7 Å². The standard InChI is InChI=1S/C17H25N5OS/c1-6-16(20-7-2)22(11-19)17(23)15-10-13(12(3)24-15)14(8-9-18)21(4)5/h6-12,19H,18H2,1-5H3/b9-8-,14-13+,16-6+,19-11?,20-7-. The van der Waals surface area contributed by atoms with E-state index in [-0.39, 0.29) is 11.2 Å². The molecule has 0 aliphatic carbocycles. The molecule has 1 aliphatic heterocycles. The number of likely N-dealkylation sites (N-methyl/N-ethyl adjacent to an activating group) is 1. The topological polar surface area (TPSA) is 85.8 Å². The molecule has 7 heteroatoms. The van der Waals surface area contributed by atoms with Crippen LogP contribution in [-0.2, 0) is 4.79 Å². The van der Waals surface area contributed by atoms with Gasteiger partial charge in [-0.05, 0) is 50.8 Å². The molecule has 0 spiro atoms. The summed E-state index contributed by atoms with van der Waals surface area (Å²) in [6, 6.07) is 0. The van der Waals surface area contributed by atoms with E-state index in [0.717, 1.165) is 17.6 Å².